The van der Waals surface area contributed by atoms with Gasteiger partial charge in [0.1, 0.15) is 5.82 Å². The van der Waals surface area contributed by atoms with E-state index in [1.54, 1.807) is 6.20 Å². The smallest absolute Gasteiger partial charge is 0.125 e. The van der Waals surface area contributed by atoms with Crippen LogP contribution in [0.4, 0.5) is 0 Å². The van der Waals surface area contributed by atoms with E-state index in [-0.39, 0.29) is 6.04 Å². The van der Waals surface area contributed by atoms with Crippen molar-refractivity contribution in [2.45, 2.75) is 13.0 Å². The minimum Gasteiger partial charge on any atom is -0.337 e. The van der Waals surface area contributed by atoms with Gasteiger partial charge in [-0.3, -0.25) is 0 Å². The molecule has 0 fully saturated rings. The molecule has 1 N–H and O–H groups in total. The van der Waals surface area contributed by atoms with Crippen molar-refractivity contribution in [3.05, 3.63) is 29.8 Å². The Labute approximate surface area is 83.4 Å². The van der Waals surface area contributed by atoms with Crippen molar-refractivity contribution in [3.8, 4) is 0 Å². The van der Waals surface area contributed by atoms with Crippen molar-refractivity contribution in [1.82, 2.24) is 14.9 Å². The highest BCUT2D eigenvalue weighted by molar-refractivity contribution is 6.29. The lowest BCUT2D eigenvalue weighted by Crippen LogP contribution is -2.22. The van der Waals surface area contributed by atoms with Crippen LogP contribution in [0.5, 0.6) is 0 Å². The van der Waals surface area contributed by atoms with Crippen molar-refractivity contribution in [1.29, 1.82) is 0 Å². The van der Waals surface area contributed by atoms with Gasteiger partial charge in [0.05, 0.1) is 6.04 Å². The topological polar surface area (TPSA) is 29.9 Å². The van der Waals surface area contributed by atoms with Gasteiger partial charge in [0.25, 0.3) is 0 Å². The molecule has 72 valence electrons. The second-order valence-electron chi connectivity index (χ2n) is 3.02. The Balaban J connectivity index is 2.53. The van der Waals surface area contributed by atoms with E-state index >= 15 is 0 Å². The molecule has 1 unspecified atom stereocenters. The summed E-state index contributed by atoms with van der Waals surface area (Å²) in [6, 6.07) is 0.190. The van der Waals surface area contributed by atoms with Crippen LogP contribution >= 0.6 is 11.6 Å². The van der Waals surface area contributed by atoms with Crippen LogP contribution in [0.1, 0.15) is 18.8 Å². The summed E-state index contributed by atoms with van der Waals surface area (Å²) in [5.41, 5.74) is 0. The first-order chi connectivity index (χ1) is 6.11. The zero-order valence-corrected chi connectivity index (χ0v) is 8.67. The van der Waals surface area contributed by atoms with E-state index in [1.807, 2.05) is 24.7 Å². The molecule has 0 bridgehead atoms. The standard InChI is InChI=1S/C9H14ClN3/c1-7(10)6-12-8(2)9-11-4-5-13(9)3/h4-5,8,12H,1,6H2,2-3H3. The fourth-order valence-electron chi connectivity index (χ4n) is 1.15. The lowest BCUT2D eigenvalue weighted by molar-refractivity contribution is 0.559. The number of hydrogen-bond donors (Lipinski definition) is 1. The zero-order valence-electron chi connectivity index (χ0n) is 7.92. The van der Waals surface area contributed by atoms with Gasteiger partial charge < -0.3 is 9.88 Å². The first-order valence-electron chi connectivity index (χ1n) is 4.15. The van der Waals surface area contributed by atoms with E-state index in [0.717, 1.165) is 5.82 Å². The summed E-state index contributed by atoms with van der Waals surface area (Å²) in [6.07, 6.45) is 3.70. The van der Waals surface area contributed by atoms with Gasteiger partial charge in [0.15, 0.2) is 0 Å². The van der Waals surface area contributed by atoms with Crippen LogP contribution in [0.2, 0.25) is 0 Å². The number of aryl methyl sites for hydroxylation is 1. The van der Waals surface area contributed by atoms with Crippen LogP contribution in [0.25, 0.3) is 0 Å². The molecule has 1 heterocycles. The number of hydrogen-bond acceptors (Lipinski definition) is 2. The molecule has 1 rings (SSSR count). The highest BCUT2D eigenvalue weighted by Gasteiger charge is 2.08. The number of nitrogens with one attached hydrogen (secondary N) is 1. The lowest BCUT2D eigenvalue weighted by atomic mass is 10.3. The minimum absolute atomic E-state index is 0.190. The number of nitrogens with zero attached hydrogens (tertiary/aromatic N) is 2. The predicted molar refractivity (Wildman–Crippen MR) is 54.6 cm³/mol. The normalized spacial score (nSPS) is 12.8. The molecule has 0 aliphatic carbocycles. The van der Waals surface area contributed by atoms with Crippen LogP contribution < -0.4 is 5.32 Å². The van der Waals surface area contributed by atoms with Gasteiger partial charge in [-0.1, -0.05) is 18.2 Å². The van der Waals surface area contributed by atoms with Crippen LogP contribution in [0, 0.1) is 0 Å². The van der Waals surface area contributed by atoms with Gasteiger partial charge in [-0.05, 0) is 6.92 Å². The molecule has 0 amide bonds. The molecule has 1 aromatic rings. The molecule has 13 heavy (non-hydrogen) atoms. The second kappa shape index (κ2) is 4.44. The molecule has 0 aromatic carbocycles. The number of imidazole rings is 1. The Morgan fingerprint density at radius 2 is 2.54 bits per heavy atom. The Morgan fingerprint density at radius 3 is 3.00 bits per heavy atom. The van der Waals surface area contributed by atoms with E-state index in [0.29, 0.717) is 11.6 Å². The molecule has 0 saturated carbocycles. The quantitative estimate of drug-likeness (QED) is 0.802. The summed E-state index contributed by atoms with van der Waals surface area (Å²) in [5, 5.41) is 3.82. The maximum atomic E-state index is 5.64. The summed E-state index contributed by atoms with van der Waals surface area (Å²) in [5.74, 6) is 0.998. The maximum Gasteiger partial charge on any atom is 0.125 e. The first kappa shape index (κ1) is 10.3. The number of halogens is 1. The average Bonchev–Trinajstić information content (AvgIpc) is 2.47. The lowest BCUT2D eigenvalue weighted by Gasteiger charge is -2.12. The third-order valence-electron chi connectivity index (χ3n) is 1.85. The summed E-state index contributed by atoms with van der Waals surface area (Å²) >= 11 is 5.64. The van der Waals surface area contributed by atoms with E-state index < -0.39 is 0 Å². The fourth-order valence-corrected chi connectivity index (χ4v) is 1.23. The molecule has 1 aromatic heterocycles. The van der Waals surface area contributed by atoms with E-state index in [2.05, 4.69) is 16.9 Å². The Bertz CT molecular complexity index is 293. The third kappa shape index (κ3) is 2.86. The van der Waals surface area contributed by atoms with Gasteiger partial charge in [-0.2, -0.15) is 0 Å². The molecular weight excluding hydrogens is 186 g/mol. The predicted octanol–water partition coefficient (Wildman–Crippen LogP) is 1.82. The van der Waals surface area contributed by atoms with E-state index in [9.17, 15) is 0 Å². The van der Waals surface area contributed by atoms with Gasteiger partial charge in [0.2, 0.25) is 0 Å². The van der Waals surface area contributed by atoms with Crippen LogP contribution in [0.15, 0.2) is 24.0 Å². The Hall–Kier alpha value is -0.800. The van der Waals surface area contributed by atoms with Crippen molar-refractivity contribution in [3.63, 3.8) is 0 Å². The van der Waals surface area contributed by atoms with Crippen molar-refractivity contribution >= 4 is 11.6 Å². The summed E-state index contributed by atoms with van der Waals surface area (Å²) in [6.45, 7) is 6.26. The van der Waals surface area contributed by atoms with Crippen molar-refractivity contribution < 1.29 is 0 Å². The highest BCUT2D eigenvalue weighted by Crippen LogP contribution is 2.08. The van der Waals surface area contributed by atoms with Gasteiger partial charge in [0, 0.05) is 31.0 Å². The summed E-state index contributed by atoms with van der Waals surface area (Å²) < 4.78 is 1.98. The average molecular weight is 200 g/mol. The Morgan fingerprint density at radius 1 is 1.85 bits per heavy atom. The maximum absolute atomic E-state index is 5.64. The SMILES string of the molecule is C=C(Cl)CNC(C)c1nccn1C. The van der Waals surface area contributed by atoms with Crippen molar-refractivity contribution in [2.75, 3.05) is 6.54 Å². The molecule has 4 heteroatoms. The number of rotatable bonds is 4. The summed E-state index contributed by atoms with van der Waals surface area (Å²) in [7, 11) is 1.97. The molecule has 1 atom stereocenters. The van der Waals surface area contributed by atoms with Gasteiger partial charge in [-0.15, -0.1) is 0 Å². The molecule has 0 radical (unpaired) electrons. The summed E-state index contributed by atoms with van der Waals surface area (Å²) in [4.78, 5) is 4.22. The molecule has 0 saturated heterocycles. The molecule has 0 aliphatic rings. The van der Waals surface area contributed by atoms with Gasteiger partial charge in [-0.25, -0.2) is 4.98 Å². The zero-order chi connectivity index (χ0) is 9.84. The van der Waals surface area contributed by atoms with E-state index in [1.165, 1.54) is 0 Å². The minimum atomic E-state index is 0.190. The van der Waals surface area contributed by atoms with Crippen molar-refractivity contribution in [2.24, 2.45) is 7.05 Å². The molecule has 3 nitrogen and oxygen atoms in total. The highest BCUT2D eigenvalue weighted by atomic mass is 35.5. The number of aromatic nitrogens is 2. The van der Waals surface area contributed by atoms with Crippen LogP contribution in [0.3, 0.4) is 0 Å². The van der Waals surface area contributed by atoms with Crippen LogP contribution in [-0.4, -0.2) is 16.1 Å². The third-order valence-corrected chi connectivity index (χ3v) is 1.98. The molecule has 0 spiro atoms. The monoisotopic (exact) mass is 199 g/mol. The fraction of sp³-hybridized carbons (Fsp3) is 0.444. The van der Waals surface area contributed by atoms with Crippen LogP contribution in [-0.2, 0) is 7.05 Å². The second-order valence-corrected chi connectivity index (χ2v) is 3.55. The Kier molecular flexibility index (Phi) is 3.51. The van der Waals surface area contributed by atoms with Gasteiger partial charge >= 0.3 is 0 Å². The van der Waals surface area contributed by atoms with E-state index in [4.69, 9.17) is 11.6 Å². The largest absolute Gasteiger partial charge is 0.337 e. The molecular formula is C9H14ClN3. The first-order valence-corrected chi connectivity index (χ1v) is 4.53. The molecule has 0 aliphatic heterocycles.